The molecule has 1 fully saturated rings. The number of carboxylic acid groups (broad SMARTS) is 1. The number of hydrogen-bond donors (Lipinski definition) is 9. The number of esters is 1. The van der Waals surface area contributed by atoms with E-state index in [2.05, 4.69) is 10.3 Å². The molecule has 10 atom stereocenters. The van der Waals surface area contributed by atoms with Crippen LogP contribution in [0.4, 0.5) is 0 Å². The number of fused-ring (bicyclic) bond motifs is 6. The molecule has 1 saturated heterocycles. The van der Waals surface area contributed by atoms with Crippen LogP contribution < -0.4 is 34.7 Å². The van der Waals surface area contributed by atoms with Crippen molar-refractivity contribution in [1.29, 1.82) is 0 Å². The average molecular weight is 901 g/mol. The number of carbonyl (C=O) groups excluding carboxylic acids is 1. The highest BCUT2D eigenvalue weighted by Crippen LogP contribution is 2.60. The molecule has 0 radical (unpaired) electrons. The molecular weight excluding hydrogens is 853 g/mol. The Bertz CT molecular complexity index is 2450. The fourth-order valence-corrected chi connectivity index (χ4v) is 9.45. The van der Waals surface area contributed by atoms with Crippen LogP contribution >= 0.6 is 0 Å². The number of nitrogens with two attached hydrogens (primary N) is 1. The summed E-state index contributed by atoms with van der Waals surface area (Å²) in [4.78, 5) is 30.4. The zero-order valence-electron chi connectivity index (χ0n) is 34.6. The van der Waals surface area contributed by atoms with E-state index < -0.39 is 85.8 Å². The van der Waals surface area contributed by atoms with Gasteiger partial charge >= 0.3 is 11.9 Å². The lowest BCUT2D eigenvalue weighted by atomic mass is 9.79. The fourth-order valence-electron chi connectivity index (χ4n) is 9.45. The molecule has 6 heterocycles. The smallest absolute Gasteiger partial charge is 0.317 e. The van der Waals surface area contributed by atoms with Crippen LogP contribution in [0.15, 0.2) is 94.9 Å². The fraction of sp³-hybridized carbons (Fsp3) is 0.400. The minimum atomic E-state index is -2.15. The van der Waals surface area contributed by atoms with Gasteiger partial charge in [0.2, 0.25) is 12.0 Å². The molecule has 10 unspecified atom stereocenters. The summed E-state index contributed by atoms with van der Waals surface area (Å²) in [6.07, 6.45) is -6.31. The number of nitrogens with one attached hydrogen (secondary N) is 1. The molecule has 0 saturated carbocycles. The number of allylic oxidation sites excluding steroid dienone is 1. The number of ether oxygens (including phenoxy) is 7. The first-order valence-corrected chi connectivity index (χ1v) is 20.9. The zero-order valence-corrected chi connectivity index (χ0v) is 34.6. The van der Waals surface area contributed by atoms with E-state index in [-0.39, 0.29) is 43.6 Å². The van der Waals surface area contributed by atoms with E-state index in [9.17, 15) is 45.3 Å². The van der Waals surface area contributed by atoms with Crippen LogP contribution in [0.3, 0.4) is 0 Å². The highest BCUT2D eigenvalue weighted by atomic mass is 16.7. The van der Waals surface area contributed by atoms with Crippen molar-refractivity contribution in [3.8, 4) is 28.7 Å². The maximum atomic E-state index is 12.7. The minimum Gasteiger partial charge on any atom is -0.489 e. The summed E-state index contributed by atoms with van der Waals surface area (Å²) < 4.78 is 43.5. The summed E-state index contributed by atoms with van der Waals surface area (Å²) in [5.74, 6) is -2.05. The molecule has 0 aliphatic carbocycles. The van der Waals surface area contributed by atoms with Gasteiger partial charge in [-0.1, -0.05) is 36.4 Å². The molecule has 344 valence electrons. The average Bonchev–Trinajstić information content (AvgIpc) is 3.99. The van der Waals surface area contributed by atoms with Crippen LogP contribution in [0.2, 0.25) is 0 Å². The number of aliphatic hydroxyl groups is 6. The predicted octanol–water partition coefficient (Wildman–Crippen LogP) is -0.0176. The third-order valence-electron chi connectivity index (χ3n) is 12.3. The highest BCUT2D eigenvalue weighted by Gasteiger charge is 2.61. The van der Waals surface area contributed by atoms with Crippen LogP contribution in [-0.4, -0.2) is 141 Å². The molecule has 1 spiro atoms. The summed E-state index contributed by atoms with van der Waals surface area (Å²) in [5, 5.41) is 76.3. The van der Waals surface area contributed by atoms with Gasteiger partial charge in [0, 0.05) is 48.5 Å². The number of rotatable bonds is 15. The molecule has 20 nitrogen and oxygen atoms in total. The third kappa shape index (κ3) is 8.01. The molecule has 3 aromatic rings. The zero-order chi connectivity index (χ0) is 45.6. The minimum absolute atomic E-state index is 0.0658. The van der Waals surface area contributed by atoms with Gasteiger partial charge in [-0.3, -0.25) is 14.6 Å². The first-order valence-electron chi connectivity index (χ1n) is 20.9. The number of aliphatic carboxylic acids is 1. The van der Waals surface area contributed by atoms with Crippen LogP contribution in [0.5, 0.6) is 28.7 Å². The molecule has 20 heteroatoms. The Hall–Kier alpha value is -6.23. The predicted molar refractivity (Wildman–Crippen MR) is 224 cm³/mol. The van der Waals surface area contributed by atoms with E-state index in [1.807, 2.05) is 47.4 Å². The molecular formula is C45H48N4O16. The van der Waals surface area contributed by atoms with Crippen molar-refractivity contribution in [3.05, 3.63) is 112 Å². The number of aliphatic imine (C=N–C) groups is 1. The number of hydrogen-bond acceptors (Lipinski definition) is 19. The van der Waals surface area contributed by atoms with E-state index in [1.165, 1.54) is 12.3 Å². The summed E-state index contributed by atoms with van der Waals surface area (Å²) >= 11 is 0. The van der Waals surface area contributed by atoms with Gasteiger partial charge in [0.05, 0.1) is 30.5 Å². The Morgan fingerprint density at radius 3 is 2.58 bits per heavy atom. The maximum absolute atomic E-state index is 12.7. The summed E-state index contributed by atoms with van der Waals surface area (Å²) in [7, 11) is 0. The lowest BCUT2D eigenvalue weighted by Crippen LogP contribution is -2.74. The second kappa shape index (κ2) is 18.0. The Balaban J connectivity index is 1.15. The van der Waals surface area contributed by atoms with Gasteiger partial charge in [-0.05, 0) is 41.6 Å². The van der Waals surface area contributed by atoms with Crippen molar-refractivity contribution in [2.24, 2.45) is 10.7 Å². The molecule has 9 rings (SSSR count). The standard InChI is InChI=1S/C45H48N4O16/c46-43-42(63-32(55)17-31(53)54)45(9-11-48-43)41(58)36(56)37(57)44(65-45)61-25-15-24(19-49-18-23-8-10-47-35(23)27(49)20-51)33-30(16-25)62-29(14-22-4-2-1-3-5-22)34-26-6-7-28(60-21-52)39(59-13-12-50)38(26)64-40(33)34/h1-11,15-16,29,34,36-37,40-44,48,50-52,56-58H,12-14,17-21,46H2,(H,53,54). The molecule has 10 N–H and O–H groups in total. The van der Waals surface area contributed by atoms with E-state index >= 15 is 0 Å². The Labute approximate surface area is 371 Å². The Morgan fingerprint density at radius 2 is 1.83 bits per heavy atom. The number of aliphatic hydroxyl groups excluding tert-OH is 6. The Kier molecular flexibility index (Phi) is 12.2. The molecule has 6 aliphatic heterocycles. The van der Waals surface area contributed by atoms with Crippen molar-refractivity contribution < 1.29 is 78.5 Å². The SMILES string of the molecule is NC1NC=CC2(OC(Oc3cc(CN4CC5=CC=NC5=C4CO)c4c(c3)OC(Cc3ccccc3)C3c5ccc(OCO)c(OCCO)c5OC43)C(O)C(O)C2O)C1OC(=O)CC(=O)O. The lowest BCUT2D eigenvalue weighted by Gasteiger charge is -2.52. The van der Waals surface area contributed by atoms with Gasteiger partial charge in [0.15, 0.2) is 30.0 Å². The summed E-state index contributed by atoms with van der Waals surface area (Å²) in [6.45, 7) is -0.824. The van der Waals surface area contributed by atoms with E-state index in [0.717, 1.165) is 16.7 Å². The van der Waals surface area contributed by atoms with Crippen molar-refractivity contribution >= 4 is 18.2 Å². The number of nitrogens with zero attached hydrogens (tertiary/aromatic N) is 2. The molecule has 0 aromatic heterocycles. The van der Waals surface area contributed by atoms with Gasteiger partial charge in [0.25, 0.3) is 0 Å². The monoisotopic (exact) mass is 900 g/mol. The second-order valence-electron chi connectivity index (χ2n) is 16.2. The van der Waals surface area contributed by atoms with Crippen molar-refractivity contribution in [2.45, 2.75) is 80.0 Å². The van der Waals surface area contributed by atoms with Gasteiger partial charge < -0.3 is 84.9 Å². The number of carboxylic acids is 1. The molecule has 0 amide bonds. The summed E-state index contributed by atoms with van der Waals surface area (Å²) in [5.41, 5.74) is 9.12. The number of benzene rings is 3. The van der Waals surface area contributed by atoms with Gasteiger partial charge in [-0.25, -0.2) is 0 Å². The largest absolute Gasteiger partial charge is 0.489 e. The van der Waals surface area contributed by atoms with Crippen LogP contribution in [-0.2, 0) is 32.0 Å². The van der Waals surface area contributed by atoms with Gasteiger partial charge in [-0.15, -0.1) is 0 Å². The van der Waals surface area contributed by atoms with Crippen LogP contribution in [0.1, 0.15) is 40.7 Å². The quantitative estimate of drug-likeness (QED) is 0.0550. The van der Waals surface area contributed by atoms with Crippen molar-refractivity contribution in [1.82, 2.24) is 10.2 Å². The van der Waals surface area contributed by atoms with Crippen LogP contribution in [0.25, 0.3) is 0 Å². The maximum Gasteiger partial charge on any atom is 0.317 e. The third-order valence-corrected chi connectivity index (χ3v) is 12.3. The van der Waals surface area contributed by atoms with Crippen molar-refractivity contribution in [2.75, 3.05) is 33.2 Å². The van der Waals surface area contributed by atoms with Gasteiger partial charge in [0.1, 0.15) is 61.2 Å². The molecule has 65 heavy (non-hydrogen) atoms. The summed E-state index contributed by atoms with van der Waals surface area (Å²) in [6, 6.07) is 16.4. The molecule has 6 aliphatic rings. The van der Waals surface area contributed by atoms with Crippen molar-refractivity contribution in [3.63, 3.8) is 0 Å². The normalized spacial score (nSPS) is 29.2. The molecule has 0 bridgehead atoms. The first kappa shape index (κ1) is 44.0. The van der Waals surface area contributed by atoms with E-state index in [0.29, 0.717) is 47.0 Å². The van der Waals surface area contributed by atoms with E-state index in [1.54, 1.807) is 24.4 Å². The molecule has 3 aromatic carbocycles. The van der Waals surface area contributed by atoms with Gasteiger partial charge in [-0.2, -0.15) is 0 Å². The second-order valence-corrected chi connectivity index (χ2v) is 16.2. The van der Waals surface area contributed by atoms with E-state index in [4.69, 9.17) is 38.9 Å². The van der Waals surface area contributed by atoms with Crippen LogP contribution in [0, 0.1) is 0 Å². The first-order chi connectivity index (χ1) is 31.4. The number of carbonyl (C=O) groups is 2. The highest BCUT2D eigenvalue weighted by molar-refractivity contribution is 5.90. The lowest BCUT2D eigenvalue weighted by molar-refractivity contribution is -0.321. The topological polar surface area (TPSA) is 294 Å². The Morgan fingerprint density at radius 1 is 1.02 bits per heavy atom.